The number of methoxy groups -OCH3 is 1. The summed E-state index contributed by atoms with van der Waals surface area (Å²) in [5.41, 5.74) is 0. The van der Waals surface area contributed by atoms with E-state index < -0.39 is 0 Å². The van der Waals surface area contributed by atoms with Gasteiger partial charge in [-0.15, -0.1) is 0 Å². The van der Waals surface area contributed by atoms with E-state index in [2.05, 4.69) is 22.0 Å². The summed E-state index contributed by atoms with van der Waals surface area (Å²) in [7, 11) is 1.69. The first-order chi connectivity index (χ1) is 10.2. The van der Waals surface area contributed by atoms with E-state index in [4.69, 9.17) is 4.74 Å². The van der Waals surface area contributed by atoms with Crippen molar-refractivity contribution >= 4 is 16.6 Å². The van der Waals surface area contributed by atoms with E-state index in [0.717, 1.165) is 42.9 Å². The van der Waals surface area contributed by atoms with Crippen molar-refractivity contribution in [2.24, 2.45) is 5.92 Å². The number of piperidine rings is 1. The van der Waals surface area contributed by atoms with E-state index in [-0.39, 0.29) is 6.10 Å². The Kier molecular flexibility index (Phi) is 3.97. The molecule has 0 saturated carbocycles. The topological polar surface area (TPSA) is 45.6 Å². The lowest BCUT2D eigenvalue weighted by molar-refractivity contribution is 0.110. The molecule has 0 spiro atoms. The van der Waals surface area contributed by atoms with Gasteiger partial charge in [0.2, 0.25) is 0 Å². The maximum atomic E-state index is 9.72. The molecule has 4 heteroatoms. The SMILES string of the molecule is COc1ccc2ccnc(N3CCC(C(C)O)CC3)c2c1. The lowest BCUT2D eigenvalue weighted by Gasteiger charge is -2.34. The molecule has 0 radical (unpaired) electrons. The molecule has 0 aliphatic carbocycles. The summed E-state index contributed by atoms with van der Waals surface area (Å²) in [6, 6.07) is 8.13. The second-order valence-corrected chi connectivity index (χ2v) is 5.79. The molecule has 1 aliphatic heterocycles. The van der Waals surface area contributed by atoms with Crippen molar-refractivity contribution in [3.8, 4) is 5.75 Å². The number of aromatic nitrogens is 1. The number of fused-ring (bicyclic) bond motifs is 1. The van der Waals surface area contributed by atoms with Gasteiger partial charge in [0, 0.05) is 24.7 Å². The minimum absolute atomic E-state index is 0.215. The molecule has 0 amide bonds. The molecule has 2 heterocycles. The first-order valence-electron chi connectivity index (χ1n) is 7.55. The van der Waals surface area contributed by atoms with E-state index in [1.165, 1.54) is 5.39 Å². The van der Waals surface area contributed by atoms with Crippen LogP contribution in [0.5, 0.6) is 5.75 Å². The first-order valence-corrected chi connectivity index (χ1v) is 7.55. The van der Waals surface area contributed by atoms with E-state index in [1.54, 1.807) is 7.11 Å². The van der Waals surface area contributed by atoms with Gasteiger partial charge in [-0.1, -0.05) is 6.07 Å². The smallest absolute Gasteiger partial charge is 0.136 e. The van der Waals surface area contributed by atoms with Crippen LogP contribution in [0.1, 0.15) is 19.8 Å². The highest BCUT2D eigenvalue weighted by atomic mass is 16.5. The molecule has 1 aromatic carbocycles. The summed E-state index contributed by atoms with van der Waals surface area (Å²) in [6.07, 6.45) is 3.68. The Morgan fingerprint density at radius 3 is 2.71 bits per heavy atom. The second kappa shape index (κ2) is 5.90. The highest BCUT2D eigenvalue weighted by Gasteiger charge is 2.24. The number of rotatable bonds is 3. The Morgan fingerprint density at radius 1 is 1.29 bits per heavy atom. The fraction of sp³-hybridized carbons (Fsp3) is 0.471. The van der Waals surface area contributed by atoms with Crippen LogP contribution in [-0.4, -0.2) is 36.4 Å². The van der Waals surface area contributed by atoms with Crippen LogP contribution >= 0.6 is 0 Å². The average molecular weight is 286 g/mol. The summed E-state index contributed by atoms with van der Waals surface area (Å²) in [4.78, 5) is 6.90. The minimum Gasteiger partial charge on any atom is -0.497 e. The van der Waals surface area contributed by atoms with Crippen LogP contribution < -0.4 is 9.64 Å². The number of hydrogen-bond donors (Lipinski definition) is 1. The highest BCUT2D eigenvalue weighted by Crippen LogP contribution is 2.31. The fourth-order valence-electron chi connectivity index (χ4n) is 3.10. The number of hydrogen-bond acceptors (Lipinski definition) is 4. The second-order valence-electron chi connectivity index (χ2n) is 5.79. The van der Waals surface area contributed by atoms with E-state index >= 15 is 0 Å². The van der Waals surface area contributed by atoms with E-state index in [0.29, 0.717) is 5.92 Å². The largest absolute Gasteiger partial charge is 0.497 e. The molecule has 1 saturated heterocycles. The van der Waals surface area contributed by atoms with E-state index in [9.17, 15) is 5.11 Å². The predicted molar refractivity (Wildman–Crippen MR) is 84.9 cm³/mol. The van der Waals surface area contributed by atoms with Crippen LogP contribution in [0.3, 0.4) is 0 Å². The maximum Gasteiger partial charge on any atom is 0.136 e. The fourth-order valence-corrected chi connectivity index (χ4v) is 3.10. The average Bonchev–Trinajstić information content (AvgIpc) is 2.54. The van der Waals surface area contributed by atoms with Crippen LogP contribution in [0.4, 0.5) is 5.82 Å². The van der Waals surface area contributed by atoms with E-state index in [1.807, 2.05) is 25.3 Å². The van der Waals surface area contributed by atoms with Gasteiger partial charge in [-0.2, -0.15) is 0 Å². The summed E-state index contributed by atoms with van der Waals surface area (Å²) in [5.74, 6) is 2.29. The van der Waals surface area contributed by atoms with Crippen molar-refractivity contribution in [1.29, 1.82) is 0 Å². The first kappa shape index (κ1) is 14.1. The Hall–Kier alpha value is -1.81. The van der Waals surface area contributed by atoms with Crippen LogP contribution in [0.15, 0.2) is 30.5 Å². The standard InChI is InChI=1S/C17H22N2O2/c1-12(20)13-6-9-19(10-7-13)17-16-11-15(21-2)4-3-14(16)5-8-18-17/h3-5,8,11-13,20H,6-7,9-10H2,1-2H3. The monoisotopic (exact) mass is 286 g/mol. The Morgan fingerprint density at radius 2 is 2.05 bits per heavy atom. The summed E-state index contributed by atoms with van der Waals surface area (Å²) < 4.78 is 5.33. The van der Waals surface area contributed by atoms with Crippen molar-refractivity contribution in [1.82, 2.24) is 4.98 Å². The Bertz CT molecular complexity index is 619. The highest BCUT2D eigenvalue weighted by molar-refractivity contribution is 5.93. The number of aliphatic hydroxyl groups excluding tert-OH is 1. The molecular weight excluding hydrogens is 264 g/mol. The van der Waals surface area contributed by atoms with Gasteiger partial charge in [0.1, 0.15) is 11.6 Å². The minimum atomic E-state index is -0.215. The number of benzene rings is 1. The quantitative estimate of drug-likeness (QED) is 0.942. The van der Waals surface area contributed by atoms with Crippen LogP contribution in [0, 0.1) is 5.92 Å². The van der Waals surface area contributed by atoms with Gasteiger partial charge in [-0.25, -0.2) is 4.98 Å². The summed E-state index contributed by atoms with van der Waals surface area (Å²) in [5, 5.41) is 12.0. The maximum absolute atomic E-state index is 9.72. The molecule has 1 N–H and O–H groups in total. The molecule has 112 valence electrons. The summed E-state index contributed by atoms with van der Waals surface area (Å²) >= 11 is 0. The number of aliphatic hydroxyl groups is 1. The Labute approximate surface area is 125 Å². The predicted octanol–water partition coefficient (Wildman–Crippen LogP) is 2.84. The number of nitrogens with zero attached hydrogens (tertiary/aromatic N) is 2. The molecule has 1 aromatic heterocycles. The van der Waals surface area contributed by atoms with Crippen LogP contribution in [-0.2, 0) is 0 Å². The molecule has 4 nitrogen and oxygen atoms in total. The van der Waals surface area contributed by atoms with Crippen molar-refractivity contribution in [3.05, 3.63) is 30.5 Å². The van der Waals surface area contributed by atoms with Crippen molar-refractivity contribution < 1.29 is 9.84 Å². The molecular formula is C17H22N2O2. The number of pyridine rings is 1. The van der Waals surface area contributed by atoms with Gasteiger partial charge in [0.05, 0.1) is 13.2 Å². The van der Waals surface area contributed by atoms with Gasteiger partial charge in [-0.3, -0.25) is 0 Å². The molecule has 21 heavy (non-hydrogen) atoms. The third kappa shape index (κ3) is 2.81. The van der Waals surface area contributed by atoms with Gasteiger partial charge in [0.15, 0.2) is 0 Å². The molecule has 1 unspecified atom stereocenters. The van der Waals surface area contributed by atoms with Crippen LogP contribution in [0.2, 0.25) is 0 Å². The van der Waals surface area contributed by atoms with Gasteiger partial charge in [-0.05, 0) is 49.3 Å². The molecule has 3 rings (SSSR count). The van der Waals surface area contributed by atoms with Gasteiger partial charge in [0.25, 0.3) is 0 Å². The van der Waals surface area contributed by atoms with Crippen molar-refractivity contribution in [2.75, 3.05) is 25.1 Å². The zero-order valence-electron chi connectivity index (χ0n) is 12.6. The lowest BCUT2D eigenvalue weighted by Crippen LogP contribution is -2.37. The van der Waals surface area contributed by atoms with Gasteiger partial charge < -0.3 is 14.7 Å². The van der Waals surface area contributed by atoms with Crippen molar-refractivity contribution in [3.63, 3.8) is 0 Å². The zero-order valence-corrected chi connectivity index (χ0v) is 12.6. The Balaban J connectivity index is 1.90. The number of ether oxygens (including phenoxy) is 1. The molecule has 1 fully saturated rings. The van der Waals surface area contributed by atoms with Crippen LogP contribution in [0.25, 0.3) is 10.8 Å². The summed E-state index contributed by atoms with van der Waals surface area (Å²) in [6.45, 7) is 3.78. The zero-order chi connectivity index (χ0) is 14.8. The lowest BCUT2D eigenvalue weighted by atomic mass is 9.92. The molecule has 1 atom stereocenters. The van der Waals surface area contributed by atoms with Crippen molar-refractivity contribution in [2.45, 2.75) is 25.9 Å². The third-order valence-electron chi connectivity index (χ3n) is 4.47. The third-order valence-corrected chi connectivity index (χ3v) is 4.47. The molecule has 2 aromatic rings. The molecule has 0 bridgehead atoms. The molecule has 1 aliphatic rings. The normalized spacial score (nSPS) is 18.0. The number of anilines is 1. The van der Waals surface area contributed by atoms with Gasteiger partial charge >= 0.3 is 0 Å².